The molecule has 2 amide bonds. The van der Waals surface area contributed by atoms with Gasteiger partial charge in [-0.1, -0.05) is 65.2 Å². The van der Waals surface area contributed by atoms with Gasteiger partial charge in [0.2, 0.25) is 16.9 Å². The highest BCUT2D eigenvalue weighted by Gasteiger charge is 2.12. The third kappa shape index (κ3) is 6.28. The molecule has 7 nitrogen and oxygen atoms in total. The van der Waals surface area contributed by atoms with Crippen molar-refractivity contribution in [2.24, 2.45) is 0 Å². The predicted molar refractivity (Wildman–Crippen MR) is 134 cm³/mol. The molecule has 0 bridgehead atoms. The van der Waals surface area contributed by atoms with E-state index in [1.54, 1.807) is 23.1 Å². The molecule has 0 atom stereocenters. The fourth-order valence-corrected chi connectivity index (χ4v) is 5.89. The van der Waals surface area contributed by atoms with Crippen molar-refractivity contribution in [1.82, 2.24) is 15.2 Å². The summed E-state index contributed by atoms with van der Waals surface area (Å²) in [7, 11) is 0. The number of benzene rings is 2. The molecule has 0 saturated heterocycles. The van der Waals surface area contributed by atoms with Crippen molar-refractivity contribution in [1.29, 1.82) is 0 Å². The zero-order chi connectivity index (χ0) is 22.3. The largest absolute Gasteiger partial charge is 0.325 e. The lowest BCUT2D eigenvalue weighted by molar-refractivity contribution is -0.116. The van der Waals surface area contributed by atoms with Crippen LogP contribution in [0.5, 0.6) is 0 Å². The van der Waals surface area contributed by atoms with Crippen LogP contribution in [0, 0.1) is 0 Å². The van der Waals surface area contributed by atoms with Crippen LogP contribution in [-0.4, -0.2) is 39.0 Å². The molecule has 0 aliphatic carbocycles. The van der Waals surface area contributed by atoms with E-state index in [1.165, 1.54) is 23.1 Å². The number of aryl methyl sites for hydroxylation is 1. The Morgan fingerprint density at radius 3 is 2.62 bits per heavy atom. The number of hydrogen-bond donors (Lipinski definition) is 2. The summed E-state index contributed by atoms with van der Waals surface area (Å²) >= 11 is 5.75. The Bertz CT molecular complexity index is 1230. The summed E-state index contributed by atoms with van der Waals surface area (Å²) in [5, 5.41) is 14.1. The number of nitrogens with zero attached hydrogens (tertiary/aromatic N) is 3. The molecule has 0 fully saturated rings. The van der Waals surface area contributed by atoms with E-state index in [0.717, 1.165) is 25.8 Å². The molecule has 4 rings (SSSR count). The molecule has 0 aliphatic rings. The molecule has 32 heavy (non-hydrogen) atoms. The monoisotopic (exact) mass is 501 g/mol. The van der Waals surface area contributed by atoms with Crippen molar-refractivity contribution < 1.29 is 9.59 Å². The number of carbonyl (C=O) groups excluding carboxylic acids is 2. The lowest BCUT2D eigenvalue weighted by Gasteiger charge is -2.03. The number of thioether (sulfide) groups is 2. The first-order valence-corrected chi connectivity index (χ1v) is 13.5. The van der Waals surface area contributed by atoms with E-state index < -0.39 is 0 Å². The number of fused-ring (bicyclic) bond motifs is 1. The summed E-state index contributed by atoms with van der Waals surface area (Å²) in [6.45, 7) is 0. The van der Waals surface area contributed by atoms with Gasteiger partial charge in [-0.05, 0) is 36.4 Å². The zero-order valence-electron chi connectivity index (χ0n) is 17.0. The van der Waals surface area contributed by atoms with Crippen LogP contribution >= 0.6 is 46.2 Å². The lowest BCUT2D eigenvalue weighted by Crippen LogP contribution is -2.13. The summed E-state index contributed by atoms with van der Waals surface area (Å²) in [5.41, 5.74) is 2.78. The maximum Gasteiger partial charge on any atom is 0.234 e. The third-order valence-corrected chi connectivity index (χ3v) is 8.27. The molecule has 164 valence electrons. The van der Waals surface area contributed by atoms with E-state index in [-0.39, 0.29) is 17.6 Å². The summed E-state index contributed by atoms with van der Waals surface area (Å²) in [6.07, 6.45) is 3.03. The Labute approximate surface area is 201 Å². The minimum absolute atomic E-state index is 0.109. The zero-order valence-corrected chi connectivity index (χ0v) is 20.3. The molecule has 2 heterocycles. The van der Waals surface area contributed by atoms with Crippen LogP contribution in [-0.2, 0) is 16.0 Å². The second-order valence-electron chi connectivity index (χ2n) is 6.61. The minimum atomic E-state index is -0.132. The summed E-state index contributed by atoms with van der Waals surface area (Å²) in [5.74, 6) is -0.0390. The second-order valence-corrected chi connectivity index (χ2v) is 10.9. The number of nitrogens with one attached hydrogen (secondary N) is 2. The van der Waals surface area contributed by atoms with Gasteiger partial charge in [0.25, 0.3) is 0 Å². The maximum absolute atomic E-state index is 12.3. The van der Waals surface area contributed by atoms with Crippen LogP contribution in [0.2, 0.25) is 0 Å². The molecule has 0 spiro atoms. The minimum Gasteiger partial charge on any atom is -0.325 e. The van der Waals surface area contributed by atoms with Crippen molar-refractivity contribution in [2.45, 2.75) is 21.5 Å². The smallest absolute Gasteiger partial charge is 0.234 e. The number of amides is 2. The van der Waals surface area contributed by atoms with Crippen LogP contribution in [0.1, 0.15) is 12.0 Å². The topological polar surface area (TPSA) is 96.9 Å². The van der Waals surface area contributed by atoms with E-state index >= 15 is 0 Å². The summed E-state index contributed by atoms with van der Waals surface area (Å²) < 4.78 is 2.66. The molecule has 11 heteroatoms. The van der Waals surface area contributed by atoms with Gasteiger partial charge in [0.05, 0.1) is 16.0 Å². The first kappa shape index (κ1) is 22.7. The number of hydrogen-bond acceptors (Lipinski definition) is 9. The fraction of sp³-hybridized carbons (Fsp3) is 0.190. The van der Waals surface area contributed by atoms with Gasteiger partial charge >= 0.3 is 0 Å². The van der Waals surface area contributed by atoms with Gasteiger partial charge in [-0.25, -0.2) is 4.98 Å². The van der Waals surface area contributed by atoms with Crippen LogP contribution in [0.3, 0.4) is 0 Å². The molecular weight excluding hydrogens is 483 g/mol. The third-order valence-electron chi connectivity index (χ3n) is 4.29. The van der Waals surface area contributed by atoms with E-state index in [2.05, 4.69) is 25.8 Å². The number of carbonyl (C=O) groups is 2. The van der Waals surface area contributed by atoms with E-state index in [0.29, 0.717) is 22.3 Å². The van der Waals surface area contributed by atoms with Crippen LogP contribution < -0.4 is 10.6 Å². The molecule has 4 aromatic rings. The Morgan fingerprint density at radius 1 is 0.969 bits per heavy atom. The number of anilines is 2. The average Bonchev–Trinajstić information content (AvgIpc) is 3.43. The quantitative estimate of drug-likeness (QED) is 0.241. The van der Waals surface area contributed by atoms with E-state index in [1.807, 2.05) is 54.8 Å². The van der Waals surface area contributed by atoms with Crippen molar-refractivity contribution in [3.8, 4) is 0 Å². The SMILES string of the molecule is CSc1nc2ccc(NC(=O)CSc3nnc(NC(=O)CCc4ccccc4)s3)cc2s1. The van der Waals surface area contributed by atoms with Gasteiger partial charge in [-0.2, -0.15) is 0 Å². The highest BCUT2D eigenvalue weighted by Crippen LogP contribution is 2.30. The van der Waals surface area contributed by atoms with Gasteiger partial charge < -0.3 is 10.6 Å². The van der Waals surface area contributed by atoms with Crippen LogP contribution in [0.25, 0.3) is 10.2 Å². The van der Waals surface area contributed by atoms with Gasteiger partial charge in [0.1, 0.15) is 0 Å². The molecule has 0 aliphatic heterocycles. The van der Waals surface area contributed by atoms with Crippen molar-refractivity contribution in [3.05, 3.63) is 54.1 Å². The highest BCUT2D eigenvalue weighted by molar-refractivity contribution is 8.01. The number of rotatable bonds is 9. The molecular formula is C21H19N5O2S4. The normalized spacial score (nSPS) is 10.9. The Kier molecular flexibility index (Phi) is 7.74. The summed E-state index contributed by atoms with van der Waals surface area (Å²) in [4.78, 5) is 29.0. The van der Waals surface area contributed by atoms with Crippen molar-refractivity contribution in [2.75, 3.05) is 22.6 Å². The standard InChI is InChI=1S/C21H19N5O2S4/c1-29-20-23-15-9-8-14(11-16(15)31-20)22-18(28)12-30-21-26-25-19(32-21)24-17(27)10-7-13-5-3-2-4-6-13/h2-6,8-9,11H,7,10,12H2,1H3,(H,22,28)(H,24,25,27). The molecule has 0 radical (unpaired) electrons. The van der Waals surface area contributed by atoms with E-state index in [9.17, 15) is 9.59 Å². The van der Waals surface area contributed by atoms with Crippen LogP contribution in [0.15, 0.2) is 57.2 Å². The fourth-order valence-electron chi connectivity index (χ4n) is 2.80. The highest BCUT2D eigenvalue weighted by atomic mass is 32.2. The van der Waals surface area contributed by atoms with Gasteiger partial charge in [-0.3, -0.25) is 9.59 Å². The second kappa shape index (κ2) is 10.9. The van der Waals surface area contributed by atoms with Gasteiger partial charge in [0, 0.05) is 12.1 Å². The molecule has 0 saturated carbocycles. The Balaban J connectivity index is 1.23. The van der Waals surface area contributed by atoms with Gasteiger partial charge in [0.15, 0.2) is 8.68 Å². The molecule has 2 aromatic heterocycles. The van der Waals surface area contributed by atoms with Gasteiger partial charge in [-0.15, -0.1) is 21.5 Å². The summed E-state index contributed by atoms with van der Waals surface area (Å²) in [6, 6.07) is 15.5. The molecule has 2 aromatic carbocycles. The lowest BCUT2D eigenvalue weighted by atomic mass is 10.1. The first-order valence-electron chi connectivity index (χ1n) is 9.63. The van der Waals surface area contributed by atoms with Crippen LogP contribution in [0.4, 0.5) is 10.8 Å². The first-order chi connectivity index (χ1) is 15.6. The maximum atomic E-state index is 12.3. The Morgan fingerprint density at radius 2 is 1.81 bits per heavy atom. The number of aromatic nitrogens is 3. The Hall–Kier alpha value is -2.47. The van der Waals surface area contributed by atoms with Crippen molar-refractivity contribution >= 4 is 79.0 Å². The molecule has 0 unspecified atom stereocenters. The predicted octanol–water partition coefficient (Wildman–Crippen LogP) is 5.17. The molecule has 2 N–H and O–H groups in total. The van der Waals surface area contributed by atoms with Crippen molar-refractivity contribution in [3.63, 3.8) is 0 Å². The number of thiazole rings is 1. The average molecular weight is 502 g/mol. The van der Waals surface area contributed by atoms with E-state index in [4.69, 9.17) is 0 Å².